The fourth-order valence-corrected chi connectivity index (χ4v) is 11.8. The van der Waals surface area contributed by atoms with Crippen molar-refractivity contribution in [3.8, 4) is 0 Å². The van der Waals surface area contributed by atoms with Crippen molar-refractivity contribution in [2.45, 2.75) is 112 Å². The van der Waals surface area contributed by atoms with Gasteiger partial charge in [-0.2, -0.15) is 0 Å². The number of ether oxygens (including phenoxy) is 1. The monoisotopic (exact) mass is 523 g/mol. The van der Waals surface area contributed by atoms with Crippen molar-refractivity contribution in [3.63, 3.8) is 0 Å². The van der Waals surface area contributed by atoms with E-state index in [0.717, 1.165) is 19.4 Å². The summed E-state index contributed by atoms with van der Waals surface area (Å²) in [5.41, 5.74) is -5.89. The lowest BCUT2D eigenvalue weighted by molar-refractivity contribution is -0.290. The van der Waals surface area contributed by atoms with Gasteiger partial charge in [0, 0.05) is 42.3 Å². The zero-order valence-electron chi connectivity index (χ0n) is 22.2. The van der Waals surface area contributed by atoms with Crippen LogP contribution >= 0.6 is 0 Å². The molecule has 3 heterocycles. The van der Waals surface area contributed by atoms with Gasteiger partial charge < -0.3 is 40.5 Å². The number of aliphatic hydroxyl groups excluding tert-OH is 5. The summed E-state index contributed by atoms with van der Waals surface area (Å²) in [5.74, 6) is -2.15. The Morgan fingerprint density at radius 3 is 2.43 bits per heavy atom. The number of hydrogen-bond acceptors (Lipinski definition) is 9. The first-order valence-electron chi connectivity index (χ1n) is 14.5. The van der Waals surface area contributed by atoms with E-state index in [1.807, 2.05) is 0 Å². The Balaban J connectivity index is 1.38. The Bertz CT molecular complexity index is 980. The third kappa shape index (κ3) is 2.64. The molecule has 9 nitrogen and oxygen atoms in total. The van der Waals surface area contributed by atoms with Gasteiger partial charge in [0.2, 0.25) is 0 Å². The fourth-order valence-electron chi connectivity index (χ4n) is 11.8. The average Bonchev–Trinajstić information content (AvgIpc) is 3.13. The van der Waals surface area contributed by atoms with Crippen LogP contribution in [0.4, 0.5) is 0 Å². The van der Waals surface area contributed by atoms with E-state index in [9.17, 15) is 35.7 Å². The zero-order valence-corrected chi connectivity index (χ0v) is 22.2. The molecule has 4 bridgehead atoms. The second-order valence-electron chi connectivity index (χ2n) is 14.6. The van der Waals surface area contributed by atoms with E-state index < -0.39 is 70.0 Å². The lowest BCUT2D eigenvalue weighted by Crippen LogP contribution is -2.76. The topological polar surface area (TPSA) is 154 Å². The van der Waals surface area contributed by atoms with Crippen LogP contribution in [0, 0.1) is 40.9 Å². The summed E-state index contributed by atoms with van der Waals surface area (Å²) in [6.45, 7) is 7.14. The van der Waals surface area contributed by atoms with Crippen molar-refractivity contribution in [1.82, 2.24) is 4.90 Å². The van der Waals surface area contributed by atoms with Crippen LogP contribution in [-0.2, 0) is 4.74 Å². The summed E-state index contributed by atoms with van der Waals surface area (Å²) < 4.78 is 6.85. The highest BCUT2D eigenvalue weighted by molar-refractivity contribution is 5.34. The first kappa shape index (κ1) is 25.6. The Morgan fingerprint density at radius 1 is 1.00 bits per heavy atom. The molecule has 7 fully saturated rings. The number of hydrogen-bond donors (Lipinski definition) is 7. The normalized spacial score (nSPS) is 66.5. The molecule has 7 N–H and O–H groups in total. The molecule has 210 valence electrons. The second-order valence-corrected chi connectivity index (χ2v) is 14.6. The van der Waals surface area contributed by atoms with Crippen molar-refractivity contribution < 1.29 is 40.5 Å². The van der Waals surface area contributed by atoms with E-state index in [0.29, 0.717) is 31.7 Å². The summed E-state index contributed by atoms with van der Waals surface area (Å²) in [6, 6.07) is -0.123. The van der Waals surface area contributed by atoms with Crippen molar-refractivity contribution in [2.24, 2.45) is 40.9 Å². The van der Waals surface area contributed by atoms with Crippen LogP contribution in [0.2, 0.25) is 0 Å². The Kier molecular flexibility index (Phi) is 5.17. The molecule has 7 rings (SSSR count). The molecule has 0 amide bonds. The number of piperidine rings is 2. The van der Waals surface area contributed by atoms with Crippen molar-refractivity contribution in [1.29, 1.82) is 0 Å². The Morgan fingerprint density at radius 2 is 1.73 bits per heavy atom. The Labute approximate surface area is 218 Å². The maximum atomic E-state index is 12.6. The predicted octanol–water partition coefficient (Wildman–Crippen LogP) is -0.772. The van der Waals surface area contributed by atoms with Gasteiger partial charge in [-0.1, -0.05) is 13.8 Å². The van der Waals surface area contributed by atoms with Crippen LogP contribution in [0.3, 0.4) is 0 Å². The van der Waals surface area contributed by atoms with E-state index in [-0.39, 0.29) is 30.9 Å². The smallest absolute Gasteiger partial charge is 0.121 e. The zero-order chi connectivity index (χ0) is 26.5. The van der Waals surface area contributed by atoms with Gasteiger partial charge in [0.25, 0.3) is 0 Å². The summed E-state index contributed by atoms with van der Waals surface area (Å²) in [5, 5.41) is 81.1. The van der Waals surface area contributed by atoms with Gasteiger partial charge in [0.1, 0.15) is 17.3 Å². The van der Waals surface area contributed by atoms with E-state index in [4.69, 9.17) is 4.74 Å². The lowest BCUT2D eigenvalue weighted by atomic mass is 9.48. The average molecular weight is 524 g/mol. The second kappa shape index (κ2) is 7.47. The largest absolute Gasteiger partial charge is 0.393 e. The first-order valence-corrected chi connectivity index (χ1v) is 14.5. The molecule has 9 heteroatoms. The van der Waals surface area contributed by atoms with Gasteiger partial charge in [-0.15, -0.1) is 0 Å². The molecule has 16 atom stereocenters. The summed E-state index contributed by atoms with van der Waals surface area (Å²) in [4.78, 5) is 2.31. The maximum absolute atomic E-state index is 12.6. The van der Waals surface area contributed by atoms with E-state index in [1.165, 1.54) is 0 Å². The minimum Gasteiger partial charge on any atom is -0.393 e. The molecule has 4 saturated carbocycles. The SMILES string of the molecule is C[C@H]1CC[C@@H]2N(C1)C[C@@H]1[C@H]([C@@H](O)[C@H](O)[C@]3(O)[C@H]1C[C@@]14O[C@@]5(CO)[C@@H](C[C@@H](O)[C@@H]31)[C@]4(C)CC[C@@H]5O)[C@]2(C)O. The quantitative estimate of drug-likeness (QED) is 0.235. The molecular formula is C28H45NO8. The molecule has 3 aliphatic heterocycles. The lowest BCUT2D eigenvalue weighted by Gasteiger charge is -2.63. The van der Waals surface area contributed by atoms with Crippen molar-refractivity contribution in [2.75, 3.05) is 19.7 Å². The van der Waals surface area contributed by atoms with Crippen LogP contribution in [0.5, 0.6) is 0 Å². The first-order chi connectivity index (χ1) is 17.3. The molecule has 7 aliphatic rings. The number of nitrogens with zero attached hydrogens (tertiary/aromatic N) is 1. The molecule has 0 unspecified atom stereocenters. The van der Waals surface area contributed by atoms with Gasteiger partial charge in [-0.3, -0.25) is 4.90 Å². The predicted molar refractivity (Wildman–Crippen MR) is 131 cm³/mol. The third-order valence-corrected chi connectivity index (χ3v) is 13.3. The molecule has 4 aliphatic carbocycles. The molecule has 37 heavy (non-hydrogen) atoms. The van der Waals surface area contributed by atoms with E-state index in [1.54, 1.807) is 6.92 Å². The summed E-state index contributed by atoms with van der Waals surface area (Å²) in [7, 11) is 0. The van der Waals surface area contributed by atoms with Gasteiger partial charge in [0.05, 0.1) is 36.1 Å². The van der Waals surface area contributed by atoms with E-state index >= 15 is 0 Å². The summed E-state index contributed by atoms with van der Waals surface area (Å²) >= 11 is 0. The number of fused-ring (bicyclic) bond motifs is 5. The van der Waals surface area contributed by atoms with Crippen LogP contribution in [0.25, 0.3) is 0 Å². The molecule has 1 spiro atoms. The van der Waals surface area contributed by atoms with Crippen LogP contribution in [0.1, 0.15) is 59.3 Å². The van der Waals surface area contributed by atoms with Crippen LogP contribution < -0.4 is 0 Å². The maximum Gasteiger partial charge on any atom is 0.121 e. The molecule has 0 radical (unpaired) electrons. The number of rotatable bonds is 1. The van der Waals surface area contributed by atoms with Gasteiger partial charge in [0.15, 0.2) is 0 Å². The minimum absolute atomic E-state index is 0.123. The molecule has 0 aromatic heterocycles. The van der Waals surface area contributed by atoms with Gasteiger partial charge in [-0.05, 0) is 63.2 Å². The molecule has 3 saturated heterocycles. The third-order valence-electron chi connectivity index (χ3n) is 13.3. The highest BCUT2D eigenvalue weighted by atomic mass is 16.6. The Hall–Kier alpha value is -0.360. The van der Waals surface area contributed by atoms with Crippen molar-refractivity contribution in [3.05, 3.63) is 0 Å². The van der Waals surface area contributed by atoms with Crippen LogP contribution in [0.15, 0.2) is 0 Å². The van der Waals surface area contributed by atoms with Gasteiger partial charge >= 0.3 is 0 Å². The number of aliphatic hydroxyl groups is 7. The van der Waals surface area contributed by atoms with Crippen molar-refractivity contribution >= 4 is 0 Å². The van der Waals surface area contributed by atoms with E-state index in [2.05, 4.69) is 18.7 Å². The standard InChI is InChI=1S/C28H45NO8/c1-13-4-5-18-25(3,35)20-14(11-29(18)10-13)15-9-27-22(28(15,36)23(34)21(20)33)16(31)8-17-24(27,2)7-6-19(32)26(17,12-30)37-27/h13-23,30-36H,4-12H2,1-3H3/t13-,14-,15-,16+,17-,18-,19-,20+,21+,22+,23-,24-,25+,26-,27+,28-/m0/s1. The highest BCUT2D eigenvalue weighted by Crippen LogP contribution is 2.77. The van der Waals surface area contributed by atoms with Crippen LogP contribution in [-0.4, -0.2) is 113 Å². The fraction of sp³-hybridized carbons (Fsp3) is 1.00. The minimum atomic E-state index is -1.82. The molecule has 0 aromatic rings. The highest BCUT2D eigenvalue weighted by Gasteiger charge is 2.86. The molecular weight excluding hydrogens is 478 g/mol. The van der Waals surface area contributed by atoms with Gasteiger partial charge in [-0.25, -0.2) is 0 Å². The summed E-state index contributed by atoms with van der Waals surface area (Å²) in [6.07, 6.45) is -1.31. The molecule has 0 aromatic carbocycles.